The summed E-state index contributed by atoms with van der Waals surface area (Å²) in [5.41, 5.74) is 1.52. The zero-order chi connectivity index (χ0) is 19.2. The number of hydrogen-bond acceptors (Lipinski definition) is 4. The summed E-state index contributed by atoms with van der Waals surface area (Å²) in [4.78, 5) is 24.7. The quantitative estimate of drug-likeness (QED) is 0.647. The molecule has 0 fully saturated rings. The largest absolute Gasteiger partial charge is 0.493 e. The van der Waals surface area contributed by atoms with E-state index in [9.17, 15) is 9.59 Å². The van der Waals surface area contributed by atoms with Crippen molar-refractivity contribution in [3.8, 4) is 5.75 Å². The van der Waals surface area contributed by atoms with Gasteiger partial charge >= 0.3 is 5.97 Å². The minimum Gasteiger partial charge on any atom is -0.493 e. The Labute approximate surface area is 157 Å². The van der Waals surface area contributed by atoms with E-state index in [1.807, 2.05) is 43.3 Å². The van der Waals surface area contributed by atoms with Gasteiger partial charge in [-0.05, 0) is 55.0 Å². The molecule has 1 N–H and O–H groups in total. The molecular weight excluding hydrogens is 342 g/mol. The molecule has 0 bridgehead atoms. The number of anilines is 1. The maximum atomic E-state index is 13.0. The molecule has 0 heterocycles. The number of hydrogen-bond donors (Lipinski definition) is 1. The van der Waals surface area contributed by atoms with Crippen LogP contribution in [0.1, 0.15) is 34.6 Å². The van der Waals surface area contributed by atoms with Crippen LogP contribution in [0.4, 0.5) is 5.69 Å². The Hall–Kier alpha value is -3.34. The maximum Gasteiger partial charge on any atom is 0.338 e. The number of benzene rings is 3. The van der Waals surface area contributed by atoms with Gasteiger partial charge in [-0.1, -0.05) is 30.3 Å². The lowest BCUT2D eigenvalue weighted by Crippen LogP contribution is -2.14. The molecule has 3 rings (SSSR count). The molecule has 0 atom stereocenters. The van der Waals surface area contributed by atoms with Crippen LogP contribution in [0, 0.1) is 0 Å². The third-order valence-electron chi connectivity index (χ3n) is 4.07. The molecule has 1 amide bonds. The zero-order valence-electron chi connectivity index (χ0n) is 15.3. The smallest absolute Gasteiger partial charge is 0.338 e. The van der Waals surface area contributed by atoms with Gasteiger partial charge in [0.1, 0.15) is 5.75 Å². The second-order valence-corrected chi connectivity index (χ2v) is 5.84. The molecule has 0 saturated carbocycles. The first kappa shape index (κ1) is 18.5. The minimum atomic E-state index is -0.386. The summed E-state index contributed by atoms with van der Waals surface area (Å²) in [7, 11) is 0. The number of ether oxygens (including phenoxy) is 2. The Morgan fingerprint density at radius 1 is 0.889 bits per heavy atom. The monoisotopic (exact) mass is 363 g/mol. The standard InChI is InChI=1S/C22H21NO4/c1-3-26-19-14-11-15-7-5-6-8-18(15)20(19)21(24)23-17-12-9-16(10-13-17)22(25)27-4-2/h5-14H,3-4H2,1-2H3,(H,23,24). The second kappa shape index (κ2) is 8.36. The number of rotatable bonds is 6. The first-order chi connectivity index (χ1) is 13.1. The molecule has 0 aliphatic rings. The predicted molar refractivity (Wildman–Crippen MR) is 105 cm³/mol. The zero-order valence-corrected chi connectivity index (χ0v) is 15.3. The van der Waals surface area contributed by atoms with Gasteiger partial charge in [0.2, 0.25) is 0 Å². The molecule has 138 valence electrons. The Morgan fingerprint density at radius 2 is 1.63 bits per heavy atom. The molecule has 5 nitrogen and oxygen atoms in total. The summed E-state index contributed by atoms with van der Waals surface area (Å²) >= 11 is 0. The van der Waals surface area contributed by atoms with Gasteiger partial charge in [0.05, 0.1) is 24.3 Å². The van der Waals surface area contributed by atoms with Gasteiger partial charge in [-0.3, -0.25) is 4.79 Å². The summed E-state index contributed by atoms with van der Waals surface area (Å²) < 4.78 is 10.6. The van der Waals surface area contributed by atoms with E-state index >= 15 is 0 Å². The van der Waals surface area contributed by atoms with Crippen molar-refractivity contribution < 1.29 is 19.1 Å². The number of amides is 1. The first-order valence-corrected chi connectivity index (χ1v) is 8.87. The van der Waals surface area contributed by atoms with E-state index in [2.05, 4.69) is 5.32 Å². The predicted octanol–water partition coefficient (Wildman–Crippen LogP) is 4.67. The third-order valence-corrected chi connectivity index (χ3v) is 4.07. The van der Waals surface area contributed by atoms with E-state index in [1.165, 1.54) is 0 Å². The average molecular weight is 363 g/mol. The van der Waals surface area contributed by atoms with Crippen molar-refractivity contribution in [2.75, 3.05) is 18.5 Å². The second-order valence-electron chi connectivity index (χ2n) is 5.84. The van der Waals surface area contributed by atoms with Crippen LogP contribution in [0.15, 0.2) is 60.7 Å². The Balaban J connectivity index is 1.89. The number of carbonyl (C=O) groups is 2. The number of carbonyl (C=O) groups excluding carboxylic acids is 2. The van der Waals surface area contributed by atoms with E-state index in [1.54, 1.807) is 31.2 Å². The number of fused-ring (bicyclic) bond motifs is 1. The van der Waals surface area contributed by atoms with Crippen LogP contribution in [0.2, 0.25) is 0 Å². The maximum absolute atomic E-state index is 13.0. The van der Waals surface area contributed by atoms with Crippen molar-refractivity contribution in [3.05, 3.63) is 71.8 Å². The summed E-state index contributed by atoms with van der Waals surface area (Å²) in [6.07, 6.45) is 0. The highest BCUT2D eigenvalue weighted by Crippen LogP contribution is 2.29. The minimum absolute atomic E-state index is 0.265. The highest BCUT2D eigenvalue weighted by atomic mass is 16.5. The van der Waals surface area contributed by atoms with Crippen molar-refractivity contribution in [1.82, 2.24) is 0 Å². The number of esters is 1. The fourth-order valence-electron chi connectivity index (χ4n) is 2.86. The van der Waals surface area contributed by atoms with Crippen LogP contribution in [0.3, 0.4) is 0 Å². The van der Waals surface area contributed by atoms with E-state index in [4.69, 9.17) is 9.47 Å². The van der Waals surface area contributed by atoms with Gasteiger partial charge in [-0.15, -0.1) is 0 Å². The molecule has 0 aliphatic carbocycles. The molecule has 0 unspecified atom stereocenters. The first-order valence-electron chi connectivity index (χ1n) is 8.87. The molecule has 5 heteroatoms. The summed E-state index contributed by atoms with van der Waals surface area (Å²) in [5, 5.41) is 4.66. The van der Waals surface area contributed by atoms with Crippen molar-refractivity contribution in [1.29, 1.82) is 0 Å². The van der Waals surface area contributed by atoms with Crippen LogP contribution in [-0.2, 0) is 4.74 Å². The van der Waals surface area contributed by atoms with E-state index in [0.717, 1.165) is 10.8 Å². The van der Waals surface area contributed by atoms with Crippen LogP contribution in [-0.4, -0.2) is 25.1 Å². The Bertz CT molecular complexity index is 964. The Morgan fingerprint density at radius 3 is 2.33 bits per heavy atom. The van der Waals surface area contributed by atoms with Gasteiger partial charge in [0.15, 0.2) is 0 Å². The van der Waals surface area contributed by atoms with Gasteiger partial charge < -0.3 is 14.8 Å². The molecule has 3 aromatic carbocycles. The fraction of sp³-hybridized carbons (Fsp3) is 0.182. The van der Waals surface area contributed by atoms with E-state index < -0.39 is 0 Å². The van der Waals surface area contributed by atoms with Crippen molar-refractivity contribution in [2.24, 2.45) is 0 Å². The van der Waals surface area contributed by atoms with E-state index in [-0.39, 0.29) is 11.9 Å². The Kier molecular flexibility index (Phi) is 5.71. The third kappa shape index (κ3) is 4.08. The average Bonchev–Trinajstić information content (AvgIpc) is 2.68. The van der Waals surface area contributed by atoms with Crippen molar-refractivity contribution in [3.63, 3.8) is 0 Å². The molecule has 0 spiro atoms. The van der Waals surface area contributed by atoms with Crippen LogP contribution < -0.4 is 10.1 Å². The van der Waals surface area contributed by atoms with Crippen molar-refractivity contribution in [2.45, 2.75) is 13.8 Å². The highest BCUT2D eigenvalue weighted by molar-refractivity contribution is 6.15. The molecule has 0 saturated heterocycles. The SMILES string of the molecule is CCOC(=O)c1ccc(NC(=O)c2c(OCC)ccc3ccccc23)cc1. The van der Waals surface area contributed by atoms with Gasteiger partial charge in [0.25, 0.3) is 5.91 Å². The summed E-state index contributed by atoms with van der Waals surface area (Å²) in [5.74, 6) is -0.112. The fourth-order valence-corrected chi connectivity index (χ4v) is 2.86. The van der Waals surface area contributed by atoms with Crippen LogP contribution >= 0.6 is 0 Å². The molecule has 0 aromatic heterocycles. The lowest BCUT2D eigenvalue weighted by molar-refractivity contribution is 0.0526. The van der Waals surface area contributed by atoms with Crippen LogP contribution in [0.25, 0.3) is 10.8 Å². The van der Waals surface area contributed by atoms with Crippen LogP contribution in [0.5, 0.6) is 5.75 Å². The summed E-state index contributed by atoms with van der Waals surface area (Å²) in [6, 6.07) is 18.0. The lowest BCUT2D eigenvalue weighted by atomic mass is 10.0. The topological polar surface area (TPSA) is 64.6 Å². The summed E-state index contributed by atoms with van der Waals surface area (Å²) in [6.45, 7) is 4.42. The molecule has 3 aromatic rings. The normalized spacial score (nSPS) is 10.4. The lowest BCUT2D eigenvalue weighted by Gasteiger charge is -2.14. The molecular formula is C22H21NO4. The van der Waals surface area contributed by atoms with Gasteiger partial charge in [-0.2, -0.15) is 0 Å². The van der Waals surface area contributed by atoms with Gasteiger partial charge in [0, 0.05) is 5.69 Å². The molecule has 0 radical (unpaired) electrons. The highest BCUT2D eigenvalue weighted by Gasteiger charge is 2.17. The number of nitrogens with one attached hydrogen (secondary N) is 1. The molecule has 27 heavy (non-hydrogen) atoms. The van der Waals surface area contributed by atoms with E-state index in [0.29, 0.717) is 35.8 Å². The molecule has 0 aliphatic heterocycles. The van der Waals surface area contributed by atoms with Crippen molar-refractivity contribution >= 4 is 28.3 Å². The van der Waals surface area contributed by atoms with Gasteiger partial charge in [-0.25, -0.2) is 4.79 Å².